The summed E-state index contributed by atoms with van der Waals surface area (Å²) in [7, 11) is 0. The topological polar surface area (TPSA) is 18.5 Å². The lowest BCUT2D eigenvalue weighted by Crippen LogP contribution is -2.26. The van der Waals surface area contributed by atoms with Crippen molar-refractivity contribution in [3.8, 4) is 0 Å². The lowest BCUT2D eigenvalue weighted by molar-refractivity contribution is -0.153. The molecule has 2 fully saturated rings. The van der Waals surface area contributed by atoms with Crippen molar-refractivity contribution in [2.24, 2.45) is 11.8 Å². The standard InChI is InChI=1S/C12H18O2.CH4/c1-2-9-5-10-7-12(8-11(10)6-9)13-3-4-14-12;/h5,10-11H,2-4,6-8H2,1H3;1H4. The summed E-state index contributed by atoms with van der Waals surface area (Å²) in [6.45, 7) is 3.85. The third-order valence-electron chi connectivity index (χ3n) is 3.97. The van der Waals surface area contributed by atoms with Gasteiger partial charge in [-0.1, -0.05) is 26.0 Å². The summed E-state index contributed by atoms with van der Waals surface area (Å²) in [5.41, 5.74) is 1.65. The zero-order valence-corrected chi connectivity index (χ0v) is 8.79. The summed E-state index contributed by atoms with van der Waals surface area (Å²) >= 11 is 0. The molecule has 2 heteroatoms. The molecule has 0 N–H and O–H groups in total. The van der Waals surface area contributed by atoms with Crippen LogP contribution in [0.4, 0.5) is 0 Å². The predicted octanol–water partition coefficient (Wildman–Crippen LogP) is 3.13. The van der Waals surface area contributed by atoms with E-state index in [2.05, 4.69) is 13.0 Å². The summed E-state index contributed by atoms with van der Waals surface area (Å²) in [4.78, 5) is 0. The molecular weight excluding hydrogens is 188 g/mol. The van der Waals surface area contributed by atoms with Crippen LogP contribution in [0.3, 0.4) is 0 Å². The molecule has 0 aromatic carbocycles. The smallest absolute Gasteiger partial charge is 0.169 e. The van der Waals surface area contributed by atoms with Gasteiger partial charge >= 0.3 is 0 Å². The van der Waals surface area contributed by atoms with E-state index in [-0.39, 0.29) is 13.2 Å². The Kier molecular flexibility index (Phi) is 2.91. The molecule has 3 aliphatic rings. The van der Waals surface area contributed by atoms with E-state index in [9.17, 15) is 0 Å². The van der Waals surface area contributed by atoms with Crippen molar-refractivity contribution in [1.29, 1.82) is 0 Å². The molecule has 0 aromatic rings. The van der Waals surface area contributed by atoms with Gasteiger partial charge in [-0.05, 0) is 24.7 Å². The van der Waals surface area contributed by atoms with Gasteiger partial charge in [-0.2, -0.15) is 0 Å². The second-order valence-corrected chi connectivity index (χ2v) is 4.82. The minimum atomic E-state index is -0.175. The third kappa shape index (κ3) is 1.74. The summed E-state index contributed by atoms with van der Waals surface area (Å²) < 4.78 is 11.5. The second-order valence-electron chi connectivity index (χ2n) is 4.82. The van der Waals surface area contributed by atoms with Gasteiger partial charge in [0.25, 0.3) is 0 Å². The molecule has 2 nitrogen and oxygen atoms in total. The average Bonchev–Trinajstić information content (AvgIpc) is 2.81. The predicted molar refractivity (Wildman–Crippen MR) is 60.6 cm³/mol. The normalized spacial score (nSPS) is 36.5. The van der Waals surface area contributed by atoms with Crippen LogP contribution in [0, 0.1) is 11.8 Å². The van der Waals surface area contributed by atoms with E-state index in [1.807, 2.05) is 0 Å². The van der Waals surface area contributed by atoms with E-state index in [0.29, 0.717) is 0 Å². The van der Waals surface area contributed by atoms with E-state index in [1.54, 1.807) is 5.57 Å². The largest absolute Gasteiger partial charge is 0.348 e. The molecule has 86 valence electrons. The molecule has 2 aliphatic carbocycles. The van der Waals surface area contributed by atoms with Gasteiger partial charge in [0.15, 0.2) is 5.79 Å². The Morgan fingerprint density at radius 3 is 2.67 bits per heavy atom. The Labute approximate surface area is 92.6 Å². The minimum absolute atomic E-state index is 0. The fourth-order valence-corrected chi connectivity index (χ4v) is 3.28. The van der Waals surface area contributed by atoms with E-state index in [1.165, 1.54) is 12.8 Å². The first-order valence-electron chi connectivity index (χ1n) is 5.79. The number of allylic oxidation sites excluding steroid dienone is 2. The van der Waals surface area contributed by atoms with Crippen LogP contribution in [0.15, 0.2) is 11.6 Å². The van der Waals surface area contributed by atoms with Crippen LogP contribution in [0.25, 0.3) is 0 Å². The monoisotopic (exact) mass is 210 g/mol. The molecule has 0 aromatic heterocycles. The maximum atomic E-state index is 5.76. The Hall–Kier alpha value is -0.340. The maximum absolute atomic E-state index is 5.76. The van der Waals surface area contributed by atoms with Crippen molar-refractivity contribution in [1.82, 2.24) is 0 Å². The second kappa shape index (κ2) is 3.91. The van der Waals surface area contributed by atoms with E-state index in [0.717, 1.165) is 37.9 Å². The number of fused-ring (bicyclic) bond motifs is 1. The highest BCUT2D eigenvalue weighted by Crippen LogP contribution is 2.51. The van der Waals surface area contributed by atoms with Gasteiger partial charge in [0.05, 0.1) is 13.2 Å². The van der Waals surface area contributed by atoms with Crippen LogP contribution in [-0.2, 0) is 9.47 Å². The number of rotatable bonds is 1. The van der Waals surface area contributed by atoms with E-state index in [4.69, 9.17) is 9.47 Å². The lowest BCUT2D eigenvalue weighted by atomic mass is 9.99. The first-order chi connectivity index (χ1) is 6.81. The molecule has 0 amide bonds. The van der Waals surface area contributed by atoms with Crippen molar-refractivity contribution >= 4 is 0 Å². The molecule has 3 rings (SSSR count). The zero-order chi connectivity index (χ0) is 9.60. The summed E-state index contributed by atoms with van der Waals surface area (Å²) in [5, 5.41) is 0. The fourth-order valence-electron chi connectivity index (χ4n) is 3.28. The van der Waals surface area contributed by atoms with E-state index >= 15 is 0 Å². The van der Waals surface area contributed by atoms with Gasteiger partial charge in [0.1, 0.15) is 0 Å². The Morgan fingerprint density at radius 1 is 1.33 bits per heavy atom. The van der Waals surface area contributed by atoms with Gasteiger partial charge in [0.2, 0.25) is 0 Å². The average molecular weight is 210 g/mol. The van der Waals surface area contributed by atoms with Crippen molar-refractivity contribution in [2.45, 2.75) is 45.8 Å². The summed E-state index contributed by atoms with van der Waals surface area (Å²) in [6.07, 6.45) is 7.21. The third-order valence-corrected chi connectivity index (χ3v) is 3.97. The van der Waals surface area contributed by atoms with Crippen LogP contribution < -0.4 is 0 Å². The first-order valence-corrected chi connectivity index (χ1v) is 5.79. The van der Waals surface area contributed by atoms with Crippen LogP contribution >= 0.6 is 0 Å². The molecule has 1 saturated heterocycles. The molecule has 1 saturated carbocycles. The summed E-state index contributed by atoms with van der Waals surface area (Å²) in [6, 6.07) is 0. The van der Waals surface area contributed by atoms with Gasteiger partial charge in [0, 0.05) is 12.8 Å². The summed E-state index contributed by atoms with van der Waals surface area (Å²) in [5.74, 6) is 1.37. The number of hydrogen-bond acceptors (Lipinski definition) is 2. The highest BCUT2D eigenvalue weighted by molar-refractivity contribution is 5.17. The number of hydrogen-bond donors (Lipinski definition) is 0. The lowest BCUT2D eigenvalue weighted by Gasteiger charge is -2.22. The molecule has 15 heavy (non-hydrogen) atoms. The van der Waals surface area contributed by atoms with Crippen molar-refractivity contribution in [2.75, 3.05) is 13.2 Å². The van der Waals surface area contributed by atoms with Gasteiger partial charge in [-0.3, -0.25) is 0 Å². The van der Waals surface area contributed by atoms with Crippen LogP contribution in [-0.4, -0.2) is 19.0 Å². The van der Waals surface area contributed by atoms with Crippen LogP contribution in [0.5, 0.6) is 0 Å². The van der Waals surface area contributed by atoms with Crippen LogP contribution in [0.2, 0.25) is 0 Å². The minimum Gasteiger partial charge on any atom is -0.348 e. The molecule has 2 atom stereocenters. The zero-order valence-electron chi connectivity index (χ0n) is 8.79. The Balaban J connectivity index is 0.000000853. The van der Waals surface area contributed by atoms with E-state index < -0.39 is 0 Å². The van der Waals surface area contributed by atoms with Crippen molar-refractivity contribution in [3.05, 3.63) is 11.6 Å². The molecule has 0 bridgehead atoms. The molecule has 1 spiro atoms. The quantitative estimate of drug-likeness (QED) is 0.619. The molecule has 2 unspecified atom stereocenters. The Bertz CT molecular complexity index is 264. The fraction of sp³-hybridized carbons (Fsp3) is 0.846. The van der Waals surface area contributed by atoms with Crippen molar-refractivity contribution in [3.63, 3.8) is 0 Å². The maximum Gasteiger partial charge on any atom is 0.169 e. The van der Waals surface area contributed by atoms with Crippen molar-refractivity contribution < 1.29 is 9.47 Å². The molecule has 0 radical (unpaired) electrons. The van der Waals surface area contributed by atoms with Gasteiger partial charge in [-0.15, -0.1) is 0 Å². The van der Waals surface area contributed by atoms with Crippen LogP contribution in [0.1, 0.15) is 40.0 Å². The SMILES string of the molecule is C.CCC1=CC2CC3(CC2C1)OCCO3. The Morgan fingerprint density at radius 2 is 2.07 bits per heavy atom. The van der Waals surface area contributed by atoms with Gasteiger partial charge < -0.3 is 9.47 Å². The highest BCUT2D eigenvalue weighted by Gasteiger charge is 2.50. The molecular formula is C13H22O2. The first kappa shape index (κ1) is 11.2. The highest BCUT2D eigenvalue weighted by atomic mass is 16.7. The molecule has 1 heterocycles. The molecule has 1 aliphatic heterocycles. The van der Waals surface area contributed by atoms with Gasteiger partial charge in [-0.25, -0.2) is 0 Å². The number of ether oxygens (including phenoxy) is 2.